The van der Waals surface area contributed by atoms with E-state index in [1.807, 2.05) is 23.7 Å². The van der Waals surface area contributed by atoms with Crippen LogP contribution in [0.15, 0.2) is 0 Å². The molecule has 2 saturated heterocycles. The maximum absolute atomic E-state index is 3.43. The number of hydrogen-bond donors (Lipinski definition) is 1. The van der Waals surface area contributed by atoms with Gasteiger partial charge in [0.25, 0.3) is 0 Å². The standard InChI is InChI=1S/C8H15NS4/c1(2-10-4-7-5-11-7)3-13-9-8-6-12-8/h7-9H,1-6H2/t7-,8?/m1/s1. The predicted octanol–water partition coefficient (Wildman–Crippen LogP) is 2.54. The molecule has 0 saturated carbocycles. The third kappa shape index (κ3) is 5.72. The predicted molar refractivity (Wildman–Crippen MR) is 70.0 cm³/mol. The zero-order valence-corrected chi connectivity index (χ0v) is 10.8. The molecule has 0 aromatic carbocycles. The minimum Gasteiger partial charge on any atom is -0.250 e. The lowest BCUT2D eigenvalue weighted by molar-refractivity contribution is 1.03. The Morgan fingerprint density at radius 3 is 2.77 bits per heavy atom. The van der Waals surface area contributed by atoms with Crippen LogP contribution >= 0.6 is 47.2 Å². The molecule has 1 unspecified atom stereocenters. The average molecular weight is 253 g/mol. The number of nitrogens with one attached hydrogen (secondary N) is 1. The lowest BCUT2D eigenvalue weighted by Crippen LogP contribution is -2.06. The van der Waals surface area contributed by atoms with Gasteiger partial charge in [0, 0.05) is 28.3 Å². The monoisotopic (exact) mass is 253 g/mol. The van der Waals surface area contributed by atoms with Crippen LogP contribution in [0.4, 0.5) is 0 Å². The van der Waals surface area contributed by atoms with Gasteiger partial charge in [0.1, 0.15) is 0 Å². The second-order valence-electron chi connectivity index (χ2n) is 3.17. The second kappa shape index (κ2) is 6.05. The lowest BCUT2D eigenvalue weighted by atomic mass is 10.6. The van der Waals surface area contributed by atoms with Gasteiger partial charge < -0.3 is 0 Å². The molecule has 0 aromatic rings. The van der Waals surface area contributed by atoms with Crippen molar-refractivity contribution < 1.29 is 0 Å². The van der Waals surface area contributed by atoms with Gasteiger partial charge >= 0.3 is 0 Å². The van der Waals surface area contributed by atoms with Crippen LogP contribution in [0.1, 0.15) is 6.42 Å². The first-order valence-electron chi connectivity index (χ1n) is 4.63. The van der Waals surface area contributed by atoms with Gasteiger partial charge in [-0.05, 0) is 12.2 Å². The highest BCUT2D eigenvalue weighted by Gasteiger charge is 2.22. The number of hydrogen-bond acceptors (Lipinski definition) is 5. The Labute approximate surface area is 97.5 Å². The van der Waals surface area contributed by atoms with Gasteiger partial charge in [-0.2, -0.15) is 23.5 Å². The molecule has 1 nitrogen and oxygen atoms in total. The van der Waals surface area contributed by atoms with Crippen molar-refractivity contribution in [2.45, 2.75) is 17.0 Å². The summed E-state index contributed by atoms with van der Waals surface area (Å²) in [5, 5.41) is 1.79. The summed E-state index contributed by atoms with van der Waals surface area (Å²) in [6.07, 6.45) is 1.36. The Kier molecular flexibility index (Phi) is 5.06. The van der Waals surface area contributed by atoms with Crippen LogP contribution in [0.3, 0.4) is 0 Å². The van der Waals surface area contributed by atoms with Gasteiger partial charge in [0.05, 0.1) is 5.37 Å². The molecule has 2 atom stereocenters. The van der Waals surface area contributed by atoms with E-state index in [1.165, 1.54) is 35.2 Å². The van der Waals surface area contributed by atoms with Crippen LogP contribution in [0.5, 0.6) is 0 Å². The summed E-state index contributed by atoms with van der Waals surface area (Å²) in [5.74, 6) is 6.76. The second-order valence-corrected chi connectivity index (χ2v) is 7.82. The molecule has 0 radical (unpaired) electrons. The maximum atomic E-state index is 3.43. The Morgan fingerprint density at radius 1 is 1.23 bits per heavy atom. The van der Waals surface area contributed by atoms with E-state index in [4.69, 9.17) is 0 Å². The molecule has 0 bridgehead atoms. The molecule has 2 aliphatic rings. The van der Waals surface area contributed by atoms with Gasteiger partial charge in [-0.3, -0.25) is 4.72 Å². The van der Waals surface area contributed by atoms with E-state index in [-0.39, 0.29) is 0 Å². The molecule has 0 spiro atoms. The summed E-state index contributed by atoms with van der Waals surface area (Å²) in [6, 6.07) is 0. The molecule has 76 valence electrons. The van der Waals surface area contributed by atoms with E-state index < -0.39 is 0 Å². The molecule has 2 heterocycles. The van der Waals surface area contributed by atoms with Crippen molar-refractivity contribution in [1.29, 1.82) is 0 Å². The molecular weight excluding hydrogens is 238 g/mol. The van der Waals surface area contributed by atoms with Crippen LogP contribution < -0.4 is 4.72 Å². The lowest BCUT2D eigenvalue weighted by Gasteiger charge is -2.01. The van der Waals surface area contributed by atoms with E-state index in [2.05, 4.69) is 28.2 Å². The molecule has 0 aromatic heterocycles. The van der Waals surface area contributed by atoms with Crippen molar-refractivity contribution in [3.05, 3.63) is 0 Å². The Bertz CT molecular complexity index is 131. The summed E-state index contributed by atoms with van der Waals surface area (Å²) in [7, 11) is 0. The third-order valence-electron chi connectivity index (χ3n) is 1.79. The van der Waals surface area contributed by atoms with Crippen molar-refractivity contribution in [3.8, 4) is 0 Å². The van der Waals surface area contributed by atoms with E-state index >= 15 is 0 Å². The van der Waals surface area contributed by atoms with Gasteiger partial charge in [0.2, 0.25) is 0 Å². The number of rotatable bonds is 8. The maximum Gasteiger partial charge on any atom is 0.0718 e. The summed E-state index contributed by atoms with van der Waals surface area (Å²) >= 11 is 8.16. The topological polar surface area (TPSA) is 12.0 Å². The Hall–Kier alpha value is 1.36. The van der Waals surface area contributed by atoms with Crippen molar-refractivity contribution >= 4 is 47.2 Å². The first-order valence-corrected chi connectivity index (χ1v) is 8.87. The quantitative estimate of drug-likeness (QED) is 0.404. The van der Waals surface area contributed by atoms with Gasteiger partial charge in [-0.25, -0.2) is 0 Å². The molecule has 0 amide bonds. The zero-order valence-electron chi connectivity index (χ0n) is 7.53. The first-order chi connectivity index (χ1) is 6.45. The highest BCUT2D eigenvalue weighted by Crippen LogP contribution is 2.33. The fourth-order valence-electron chi connectivity index (χ4n) is 0.880. The zero-order chi connectivity index (χ0) is 8.93. The average Bonchev–Trinajstić information content (AvgIpc) is 2.99. The largest absolute Gasteiger partial charge is 0.250 e. The molecule has 2 rings (SSSR count). The highest BCUT2D eigenvalue weighted by molar-refractivity contribution is 8.09. The smallest absolute Gasteiger partial charge is 0.0718 e. The molecular formula is C8H15NS4. The first kappa shape index (κ1) is 10.9. The van der Waals surface area contributed by atoms with Crippen LogP contribution in [0, 0.1) is 0 Å². The Morgan fingerprint density at radius 2 is 2.08 bits per heavy atom. The number of thioether (sulfide) groups is 3. The van der Waals surface area contributed by atoms with Crippen LogP contribution in [-0.2, 0) is 0 Å². The SMILES string of the molecule is C(CSC[C@@H]1CS1)CSNC1CS1. The minimum absolute atomic E-state index is 0.778. The van der Waals surface area contributed by atoms with Gasteiger partial charge in [-0.15, -0.1) is 11.8 Å². The summed E-state index contributed by atoms with van der Waals surface area (Å²) in [4.78, 5) is 0. The summed E-state index contributed by atoms with van der Waals surface area (Å²) < 4.78 is 3.43. The van der Waals surface area contributed by atoms with E-state index in [9.17, 15) is 0 Å². The molecule has 2 aliphatic heterocycles. The van der Waals surface area contributed by atoms with E-state index in [1.54, 1.807) is 0 Å². The fourth-order valence-corrected chi connectivity index (χ4v) is 4.47. The van der Waals surface area contributed by atoms with Crippen molar-refractivity contribution in [3.63, 3.8) is 0 Å². The molecule has 2 fully saturated rings. The van der Waals surface area contributed by atoms with Crippen LogP contribution in [-0.4, -0.2) is 39.4 Å². The fraction of sp³-hybridized carbons (Fsp3) is 1.00. The van der Waals surface area contributed by atoms with Crippen molar-refractivity contribution in [2.75, 3.05) is 28.8 Å². The van der Waals surface area contributed by atoms with Crippen LogP contribution in [0.2, 0.25) is 0 Å². The van der Waals surface area contributed by atoms with E-state index in [0.29, 0.717) is 0 Å². The van der Waals surface area contributed by atoms with E-state index in [0.717, 1.165) is 10.6 Å². The minimum atomic E-state index is 0.778. The molecule has 13 heavy (non-hydrogen) atoms. The molecule has 1 N–H and O–H groups in total. The Balaban J connectivity index is 1.28. The summed E-state index contributed by atoms with van der Waals surface area (Å²) in [5.41, 5.74) is 0. The third-order valence-corrected chi connectivity index (χ3v) is 6.06. The van der Waals surface area contributed by atoms with Crippen molar-refractivity contribution in [1.82, 2.24) is 4.72 Å². The van der Waals surface area contributed by atoms with Gasteiger partial charge in [0.15, 0.2) is 0 Å². The molecule has 5 heteroatoms. The highest BCUT2D eigenvalue weighted by atomic mass is 32.2. The van der Waals surface area contributed by atoms with Crippen molar-refractivity contribution in [2.24, 2.45) is 0 Å². The molecule has 0 aliphatic carbocycles. The van der Waals surface area contributed by atoms with Crippen LogP contribution in [0.25, 0.3) is 0 Å². The normalized spacial score (nSPS) is 30.5. The van der Waals surface area contributed by atoms with Gasteiger partial charge in [-0.1, -0.05) is 11.9 Å². The summed E-state index contributed by atoms with van der Waals surface area (Å²) in [6.45, 7) is 0.